The first-order valence-electron chi connectivity index (χ1n) is 5.43. The fourth-order valence-corrected chi connectivity index (χ4v) is 3.23. The summed E-state index contributed by atoms with van der Waals surface area (Å²) in [6, 6.07) is 5.18. The third-order valence-corrected chi connectivity index (χ3v) is 4.34. The summed E-state index contributed by atoms with van der Waals surface area (Å²) in [7, 11) is -3.71. The van der Waals surface area contributed by atoms with Gasteiger partial charge in [0.15, 0.2) is 0 Å². The number of rotatable bonds is 3. The van der Waals surface area contributed by atoms with Crippen LogP contribution in [0.2, 0.25) is 0 Å². The van der Waals surface area contributed by atoms with Crippen LogP contribution in [-0.2, 0) is 19.0 Å². The fourth-order valence-electron chi connectivity index (χ4n) is 1.83. The van der Waals surface area contributed by atoms with E-state index in [0.29, 0.717) is 18.8 Å². The molecule has 1 aliphatic rings. The molecule has 2 rings (SSSR count). The van der Waals surface area contributed by atoms with Crippen molar-refractivity contribution < 1.29 is 17.3 Å². The highest BCUT2D eigenvalue weighted by Crippen LogP contribution is 2.28. The van der Waals surface area contributed by atoms with Gasteiger partial charge in [-0.1, -0.05) is 17.7 Å². The van der Waals surface area contributed by atoms with Gasteiger partial charge >= 0.3 is 0 Å². The number of benzene rings is 1. The summed E-state index contributed by atoms with van der Waals surface area (Å²) in [4.78, 5) is 0.233. The molecule has 0 N–H and O–H groups in total. The van der Waals surface area contributed by atoms with Gasteiger partial charge in [0.1, 0.15) is 5.60 Å². The molecule has 0 atom stereocenters. The molecule has 1 heterocycles. The molecule has 5 heteroatoms. The second-order valence-electron chi connectivity index (χ2n) is 4.75. The average Bonchev–Trinajstić information content (AvgIpc) is 2.13. The van der Waals surface area contributed by atoms with Gasteiger partial charge in [-0.05, 0) is 32.4 Å². The van der Waals surface area contributed by atoms with Crippen LogP contribution in [0.1, 0.15) is 18.1 Å². The van der Waals surface area contributed by atoms with Crippen LogP contribution in [0.5, 0.6) is 0 Å². The Morgan fingerprint density at radius 2 is 1.94 bits per heavy atom. The zero-order valence-corrected chi connectivity index (χ0v) is 11.0. The largest absolute Gasteiger partial charge is 0.375 e. The Kier molecular flexibility index (Phi) is 3.01. The van der Waals surface area contributed by atoms with E-state index in [0.717, 1.165) is 5.56 Å². The van der Waals surface area contributed by atoms with Crippen LogP contribution in [0.3, 0.4) is 0 Å². The van der Waals surface area contributed by atoms with Gasteiger partial charge < -0.3 is 4.74 Å². The maximum atomic E-state index is 12.1. The standard InChI is InChI=1S/C12H16O4S/c1-9-4-5-11(10(2)6-9)17(13,14)16-12(3)7-15-8-12/h4-6H,7-8H2,1-3H3. The smallest absolute Gasteiger partial charge is 0.297 e. The summed E-state index contributed by atoms with van der Waals surface area (Å²) in [6.07, 6.45) is 0. The molecule has 0 spiro atoms. The lowest BCUT2D eigenvalue weighted by Gasteiger charge is -2.36. The predicted octanol–water partition coefficient (Wildman–Crippen LogP) is 1.80. The first-order chi connectivity index (χ1) is 7.82. The topological polar surface area (TPSA) is 52.6 Å². The summed E-state index contributed by atoms with van der Waals surface area (Å²) in [5, 5.41) is 0. The van der Waals surface area contributed by atoms with E-state index in [1.54, 1.807) is 26.0 Å². The third kappa shape index (κ3) is 2.51. The Hall–Kier alpha value is -0.910. The molecule has 0 bridgehead atoms. The van der Waals surface area contributed by atoms with Crippen molar-refractivity contribution in [1.29, 1.82) is 0 Å². The van der Waals surface area contributed by atoms with Gasteiger partial charge in [0, 0.05) is 0 Å². The van der Waals surface area contributed by atoms with Gasteiger partial charge in [0.05, 0.1) is 18.1 Å². The van der Waals surface area contributed by atoms with E-state index in [1.807, 2.05) is 13.0 Å². The van der Waals surface area contributed by atoms with Crippen molar-refractivity contribution in [2.75, 3.05) is 13.2 Å². The van der Waals surface area contributed by atoms with Gasteiger partial charge in [-0.3, -0.25) is 4.18 Å². The van der Waals surface area contributed by atoms with Crippen LogP contribution in [-0.4, -0.2) is 27.2 Å². The molecule has 0 amide bonds. The highest BCUT2D eigenvalue weighted by molar-refractivity contribution is 7.86. The van der Waals surface area contributed by atoms with Crippen molar-refractivity contribution in [3.63, 3.8) is 0 Å². The molecule has 17 heavy (non-hydrogen) atoms. The minimum atomic E-state index is -3.71. The number of ether oxygens (including phenoxy) is 1. The van der Waals surface area contributed by atoms with Gasteiger partial charge in [0.25, 0.3) is 10.1 Å². The highest BCUT2D eigenvalue weighted by Gasteiger charge is 2.40. The summed E-state index contributed by atoms with van der Waals surface area (Å²) in [5.74, 6) is 0. The van der Waals surface area contributed by atoms with E-state index in [2.05, 4.69) is 0 Å². The van der Waals surface area contributed by atoms with Gasteiger partial charge in [-0.25, -0.2) is 0 Å². The number of hydrogen-bond donors (Lipinski definition) is 0. The molecule has 1 aromatic rings. The average molecular weight is 256 g/mol. The van der Waals surface area contributed by atoms with Crippen molar-refractivity contribution in [2.45, 2.75) is 31.3 Å². The van der Waals surface area contributed by atoms with Crippen LogP contribution in [0, 0.1) is 13.8 Å². The van der Waals surface area contributed by atoms with Crippen LogP contribution in [0.25, 0.3) is 0 Å². The minimum Gasteiger partial charge on any atom is -0.375 e. The number of hydrogen-bond acceptors (Lipinski definition) is 4. The Balaban J connectivity index is 2.31. The van der Waals surface area contributed by atoms with E-state index in [9.17, 15) is 8.42 Å². The Morgan fingerprint density at radius 1 is 1.29 bits per heavy atom. The summed E-state index contributed by atoms with van der Waals surface area (Å²) >= 11 is 0. The van der Waals surface area contributed by atoms with Crippen molar-refractivity contribution in [2.24, 2.45) is 0 Å². The van der Waals surface area contributed by atoms with E-state index in [-0.39, 0.29) is 4.90 Å². The first-order valence-corrected chi connectivity index (χ1v) is 6.84. The maximum Gasteiger partial charge on any atom is 0.297 e. The first kappa shape index (κ1) is 12.5. The zero-order valence-electron chi connectivity index (χ0n) is 10.2. The Bertz CT molecular complexity index is 529. The summed E-state index contributed by atoms with van der Waals surface area (Å²) < 4.78 is 34.4. The predicted molar refractivity (Wildman–Crippen MR) is 63.4 cm³/mol. The van der Waals surface area contributed by atoms with Crippen molar-refractivity contribution in [3.05, 3.63) is 29.3 Å². The van der Waals surface area contributed by atoms with Crippen LogP contribution in [0.15, 0.2) is 23.1 Å². The molecule has 0 aromatic heterocycles. The Labute approximate surface area is 102 Å². The zero-order chi connectivity index (χ0) is 12.7. The molecule has 0 unspecified atom stereocenters. The quantitative estimate of drug-likeness (QED) is 0.774. The van der Waals surface area contributed by atoms with Crippen molar-refractivity contribution >= 4 is 10.1 Å². The minimum absolute atomic E-state index is 0.233. The Morgan fingerprint density at radius 3 is 2.41 bits per heavy atom. The third-order valence-electron chi connectivity index (χ3n) is 2.73. The molecular weight excluding hydrogens is 240 g/mol. The molecule has 1 aromatic carbocycles. The summed E-state index contributed by atoms with van der Waals surface area (Å²) in [5.41, 5.74) is 1.02. The molecule has 0 saturated carbocycles. The molecular formula is C12H16O4S. The lowest BCUT2D eigenvalue weighted by Crippen LogP contribution is -2.50. The maximum absolute atomic E-state index is 12.1. The molecule has 1 fully saturated rings. The molecule has 1 aliphatic heterocycles. The number of aryl methyl sites for hydroxylation is 2. The molecule has 94 valence electrons. The molecule has 1 saturated heterocycles. The van der Waals surface area contributed by atoms with Crippen LogP contribution >= 0.6 is 0 Å². The van der Waals surface area contributed by atoms with Crippen molar-refractivity contribution in [3.8, 4) is 0 Å². The van der Waals surface area contributed by atoms with E-state index in [4.69, 9.17) is 8.92 Å². The van der Waals surface area contributed by atoms with Gasteiger partial charge in [-0.2, -0.15) is 8.42 Å². The normalized spacial score (nSPS) is 18.8. The second kappa shape index (κ2) is 4.08. The monoisotopic (exact) mass is 256 g/mol. The van der Waals surface area contributed by atoms with Crippen LogP contribution in [0.4, 0.5) is 0 Å². The molecule has 4 nitrogen and oxygen atoms in total. The van der Waals surface area contributed by atoms with E-state index < -0.39 is 15.7 Å². The fraction of sp³-hybridized carbons (Fsp3) is 0.500. The SMILES string of the molecule is Cc1ccc(S(=O)(=O)OC2(C)COC2)c(C)c1. The van der Waals surface area contributed by atoms with Crippen LogP contribution < -0.4 is 0 Å². The lowest BCUT2D eigenvalue weighted by molar-refractivity contribution is -0.147. The van der Waals surface area contributed by atoms with Gasteiger partial charge in [0.2, 0.25) is 0 Å². The molecule has 0 aliphatic carbocycles. The van der Waals surface area contributed by atoms with Gasteiger partial charge in [-0.15, -0.1) is 0 Å². The second-order valence-corrected chi connectivity index (χ2v) is 6.26. The van der Waals surface area contributed by atoms with E-state index in [1.165, 1.54) is 0 Å². The van der Waals surface area contributed by atoms with Crippen molar-refractivity contribution in [1.82, 2.24) is 0 Å². The lowest BCUT2D eigenvalue weighted by atomic mass is 10.1. The highest BCUT2D eigenvalue weighted by atomic mass is 32.2. The van der Waals surface area contributed by atoms with E-state index >= 15 is 0 Å². The molecule has 0 radical (unpaired) electrons. The summed E-state index contributed by atoms with van der Waals surface area (Å²) in [6.45, 7) is 6.06.